The van der Waals surface area contributed by atoms with Gasteiger partial charge in [-0.15, -0.1) is 10.2 Å². The number of imidazole rings is 1. The van der Waals surface area contributed by atoms with Gasteiger partial charge in [0.05, 0.1) is 18.2 Å². The molecule has 2 aliphatic heterocycles. The highest BCUT2D eigenvalue weighted by Gasteiger charge is 2.40. The highest BCUT2D eigenvalue weighted by molar-refractivity contribution is 5.94. The van der Waals surface area contributed by atoms with Crippen LogP contribution in [0.15, 0.2) is 30.6 Å². The summed E-state index contributed by atoms with van der Waals surface area (Å²) in [5.74, 6) is 1.29. The molecule has 1 saturated heterocycles. The van der Waals surface area contributed by atoms with Crippen LogP contribution in [0.3, 0.4) is 0 Å². The lowest BCUT2D eigenvalue weighted by Crippen LogP contribution is -2.60. The van der Waals surface area contributed by atoms with Gasteiger partial charge in [-0.3, -0.25) is 15.0 Å². The van der Waals surface area contributed by atoms with E-state index in [0.29, 0.717) is 30.4 Å². The van der Waals surface area contributed by atoms with Crippen molar-refractivity contribution in [3.05, 3.63) is 53.4 Å². The van der Waals surface area contributed by atoms with Gasteiger partial charge in [-0.05, 0) is 49.8 Å². The van der Waals surface area contributed by atoms with E-state index in [1.165, 1.54) is 6.07 Å². The number of halogens is 1. The lowest BCUT2D eigenvalue weighted by molar-refractivity contribution is -0.133. The maximum Gasteiger partial charge on any atom is 0.257 e. The maximum absolute atomic E-state index is 14.9. The van der Waals surface area contributed by atoms with Gasteiger partial charge in [-0.25, -0.2) is 14.8 Å². The van der Waals surface area contributed by atoms with E-state index in [2.05, 4.69) is 31.0 Å². The van der Waals surface area contributed by atoms with Crippen LogP contribution in [0, 0.1) is 17.7 Å². The van der Waals surface area contributed by atoms with Gasteiger partial charge in [0.15, 0.2) is 17.5 Å². The number of aromatic nitrogens is 5. The second-order valence-electron chi connectivity index (χ2n) is 10.1. The Morgan fingerprint density at radius 1 is 1.22 bits per heavy atom. The van der Waals surface area contributed by atoms with E-state index in [9.17, 15) is 14.0 Å². The van der Waals surface area contributed by atoms with E-state index in [0.717, 1.165) is 31.2 Å². The summed E-state index contributed by atoms with van der Waals surface area (Å²) in [6.45, 7) is 2.62. The van der Waals surface area contributed by atoms with Crippen LogP contribution in [-0.4, -0.2) is 54.0 Å². The summed E-state index contributed by atoms with van der Waals surface area (Å²) in [4.78, 5) is 34.7. The average molecular weight is 493 g/mol. The van der Waals surface area contributed by atoms with Crippen LogP contribution in [0.25, 0.3) is 11.6 Å². The number of nitrogens with one attached hydrogen (secondary N) is 3. The molecule has 4 heterocycles. The Morgan fingerprint density at radius 3 is 2.92 bits per heavy atom. The summed E-state index contributed by atoms with van der Waals surface area (Å²) in [5.41, 5.74) is 6.90. The van der Waals surface area contributed by atoms with Gasteiger partial charge in [0, 0.05) is 30.9 Å². The Balaban J connectivity index is 1.21. The molecule has 1 aliphatic carbocycles. The van der Waals surface area contributed by atoms with Gasteiger partial charge in [0.1, 0.15) is 5.82 Å². The topological polar surface area (TPSA) is 121 Å². The predicted molar refractivity (Wildman–Crippen MR) is 128 cm³/mol. The molecule has 3 N–H and O–H groups in total. The van der Waals surface area contributed by atoms with Crippen LogP contribution in [0.2, 0.25) is 0 Å². The normalized spacial score (nSPS) is 25.7. The lowest BCUT2D eigenvalue weighted by atomic mass is 9.72. The first-order chi connectivity index (χ1) is 17.5. The Hall–Kier alpha value is -3.60. The lowest BCUT2D eigenvalue weighted by Gasteiger charge is -2.41. The van der Waals surface area contributed by atoms with Gasteiger partial charge in [-0.1, -0.05) is 18.9 Å². The number of fused-ring (bicyclic) bond motifs is 2. The number of carbonyl (C=O) groups is 2. The van der Waals surface area contributed by atoms with Gasteiger partial charge in [0.25, 0.3) is 5.91 Å². The molecule has 2 fully saturated rings. The molecule has 3 aromatic rings. The van der Waals surface area contributed by atoms with Crippen molar-refractivity contribution in [3.63, 3.8) is 0 Å². The van der Waals surface area contributed by atoms with Crippen molar-refractivity contribution in [3.8, 4) is 11.6 Å². The van der Waals surface area contributed by atoms with Gasteiger partial charge in [-0.2, -0.15) is 0 Å². The number of amides is 2. The molecule has 0 radical (unpaired) electrons. The number of hydrogen-bond donors (Lipinski definition) is 3. The Bertz CT molecular complexity index is 1290. The fourth-order valence-corrected chi connectivity index (χ4v) is 6.05. The molecule has 3 aliphatic rings. The number of benzene rings is 1. The quantitative estimate of drug-likeness (QED) is 0.514. The Kier molecular flexibility index (Phi) is 5.79. The zero-order chi connectivity index (χ0) is 24.8. The monoisotopic (exact) mass is 492 g/mol. The number of aromatic amines is 1. The van der Waals surface area contributed by atoms with E-state index >= 15 is 0 Å². The largest absolute Gasteiger partial charge is 0.342 e. The molecular weight excluding hydrogens is 463 g/mol. The predicted octanol–water partition coefficient (Wildman–Crippen LogP) is 2.38. The molecule has 188 valence electrons. The average Bonchev–Trinajstić information content (AvgIpc) is 3.57. The fraction of sp³-hybridized carbons (Fsp3) is 0.480. The van der Waals surface area contributed by atoms with Crippen molar-refractivity contribution in [1.29, 1.82) is 0 Å². The molecule has 1 aromatic carbocycles. The highest BCUT2D eigenvalue weighted by Crippen LogP contribution is 2.35. The van der Waals surface area contributed by atoms with Crippen LogP contribution < -0.4 is 10.9 Å². The summed E-state index contributed by atoms with van der Waals surface area (Å²) < 4.78 is 16.9. The SMILES string of the molecule is CC1CN(C(=O)c2cc(CC3NNC(=O)C4CCCCC34)ccc2F)Cc2nnc(-c3ncc[nH]3)n21. The number of rotatable bonds is 4. The van der Waals surface area contributed by atoms with Crippen molar-refractivity contribution < 1.29 is 14.0 Å². The van der Waals surface area contributed by atoms with Crippen LogP contribution in [0.5, 0.6) is 0 Å². The summed E-state index contributed by atoms with van der Waals surface area (Å²) in [5, 5.41) is 8.54. The molecule has 0 spiro atoms. The minimum atomic E-state index is -0.542. The van der Waals surface area contributed by atoms with Crippen molar-refractivity contribution in [1.82, 2.24) is 40.5 Å². The van der Waals surface area contributed by atoms with E-state index in [1.54, 1.807) is 29.4 Å². The van der Waals surface area contributed by atoms with Gasteiger partial charge < -0.3 is 14.5 Å². The van der Waals surface area contributed by atoms with Crippen LogP contribution in [-0.2, 0) is 17.8 Å². The van der Waals surface area contributed by atoms with Crippen LogP contribution >= 0.6 is 0 Å². The van der Waals surface area contributed by atoms with E-state index in [4.69, 9.17) is 0 Å². The summed E-state index contributed by atoms with van der Waals surface area (Å²) in [6.07, 6.45) is 8.07. The molecule has 2 amide bonds. The number of H-pyrrole nitrogens is 1. The van der Waals surface area contributed by atoms with Crippen LogP contribution in [0.4, 0.5) is 4.39 Å². The number of hydrazine groups is 1. The molecule has 4 atom stereocenters. The first-order valence-electron chi connectivity index (χ1n) is 12.6. The first kappa shape index (κ1) is 22.8. The molecular formula is C25H29FN8O2. The summed E-state index contributed by atoms with van der Waals surface area (Å²) >= 11 is 0. The van der Waals surface area contributed by atoms with Gasteiger partial charge in [0.2, 0.25) is 5.91 Å². The number of carbonyl (C=O) groups excluding carboxylic acids is 2. The Morgan fingerprint density at radius 2 is 2.08 bits per heavy atom. The minimum Gasteiger partial charge on any atom is -0.342 e. The van der Waals surface area contributed by atoms with E-state index in [1.807, 2.05) is 11.5 Å². The first-order valence-corrected chi connectivity index (χ1v) is 12.6. The van der Waals surface area contributed by atoms with Crippen molar-refractivity contribution >= 4 is 11.8 Å². The third-order valence-corrected chi connectivity index (χ3v) is 7.79. The molecule has 36 heavy (non-hydrogen) atoms. The van der Waals surface area contributed by atoms with Crippen LogP contribution in [0.1, 0.15) is 60.4 Å². The second-order valence-corrected chi connectivity index (χ2v) is 10.1. The van der Waals surface area contributed by atoms with Crippen molar-refractivity contribution in [2.75, 3.05) is 6.54 Å². The standard InChI is InChI=1S/C25H29FN8O2/c1-14-12-33(13-21-30-31-23(34(14)21)22-27-8-9-28-22)25(36)18-10-15(6-7-19(18)26)11-20-16-4-2-3-5-17(16)24(35)32-29-20/h6-10,14,16-17,20,29H,2-5,11-13H2,1H3,(H,27,28)(H,32,35). The number of nitrogens with zero attached hydrogens (tertiary/aromatic N) is 5. The Labute approximate surface area is 207 Å². The van der Waals surface area contributed by atoms with Crippen molar-refractivity contribution in [2.24, 2.45) is 11.8 Å². The van der Waals surface area contributed by atoms with E-state index in [-0.39, 0.29) is 47.8 Å². The van der Waals surface area contributed by atoms with Crippen molar-refractivity contribution in [2.45, 2.75) is 57.7 Å². The molecule has 0 bridgehead atoms. The summed E-state index contributed by atoms with van der Waals surface area (Å²) in [7, 11) is 0. The smallest absolute Gasteiger partial charge is 0.257 e. The highest BCUT2D eigenvalue weighted by atomic mass is 19.1. The second kappa shape index (κ2) is 9.12. The summed E-state index contributed by atoms with van der Waals surface area (Å²) in [6, 6.07) is 4.71. The fourth-order valence-electron chi connectivity index (χ4n) is 6.05. The molecule has 10 nitrogen and oxygen atoms in total. The third-order valence-electron chi connectivity index (χ3n) is 7.79. The number of hydrogen-bond acceptors (Lipinski definition) is 6. The minimum absolute atomic E-state index is 0.0183. The zero-order valence-corrected chi connectivity index (χ0v) is 20.1. The zero-order valence-electron chi connectivity index (χ0n) is 20.1. The third kappa shape index (κ3) is 3.97. The molecule has 11 heteroatoms. The molecule has 6 rings (SSSR count). The molecule has 4 unspecified atom stereocenters. The molecule has 2 aromatic heterocycles. The van der Waals surface area contributed by atoms with E-state index < -0.39 is 5.82 Å². The maximum atomic E-state index is 14.9. The van der Waals surface area contributed by atoms with Gasteiger partial charge >= 0.3 is 0 Å². The molecule has 1 saturated carbocycles.